The predicted molar refractivity (Wildman–Crippen MR) is 38.3 cm³/mol. The summed E-state index contributed by atoms with van der Waals surface area (Å²) in [6.45, 7) is 0. The Morgan fingerprint density at radius 3 is 1.10 bits per heavy atom. The molecule has 10 heteroatoms. The Hall–Kier alpha value is 2.24. The Kier molecular flexibility index (Phi) is 39.5. The molecule has 0 aliphatic carbocycles. The van der Waals surface area contributed by atoms with E-state index < -0.39 is 16.5 Å². The molecule has 0 amide bonds. The summed E-state index contributed by atoms with van der Waals surface area (Å²) in [6.07, 6.45) is 0. The van der Waals surface area contributed by atoms with Crippen molar-refractivity contribution >= 4 is 99.4 Å². The molecule has 0 fully saturated rings. The van der Waals surface area contributed by atoms with Gasteiger partial charge in [0, 0.05) is 0 Å². The first kappa shape index (κ1) is 22.8. The number of rotatable bonds is 0. The molecule has 0 aliphatic rings. The van der Waals surface area contributed by atoms with E-state index >= 15 is 0 Å². The zero-order valence-corrected chi connectivity index (χ0v) is 11.9. The molecule has 0 unspecified atom stereocenters. The fraction of sp³-hybridized carbons (Fsp3) is 0. The van der Waals surface area contributed by atoms with Gasteiger partial charge >= 0.3 is 60.8 Å². The van der Waals surface area contributed by atoms with Crippen LogP contribution in [0.15, 0.2) is 0 Å². The second-order valence-corrected chi connectivity index (χ2v) is 3.28. The molecule has 0 radical (unpaired) electrons. The Morgan fingerprint density at radius 1 is 1.10 bits per heavy atom. The van der Waals surface area contributed by atoms with Gasteiger partial charge in [-0.05, 0) is 0 Å². The Balaban J connectivity index is -0.0000000112. The Bertz CT molecular complexity index is 87.1. The second kappa shape index (κ2) is 17.4. The Labute approximate surface area is 119 Å². The minimum atomic E-state index is -2.91. The van der Waals surface area contributed by atoms with E-state index in [0.717, 1.165) is 0 Å². The summed E-state index contributed by atoms with van der Waals surface area (Å²) in [4.78, 5) is 17.7. The van der Waals surface area contributed by atoms with Crippen molar-refractivity contribution in [2.24, 2.45) is 0 Å². The van der Waals surface area contributed by atoms with Gasteiger partial charge in [0.15, 0.2) is 0 Å². The maximum absolute atomic E-state index is 8.84. The van der Waals surface area contributed by atoms with Gasteiger partial charge in [-0.25, -0.2) is 0 Å². The smallest absolute Gasteiger partial charge is 1.00 e. The molecular weight excluding hydrogens is 255 g/mol. The molecule has 0 aromatic rings. The van der Waals surface area contributed by atoms with Gasteiger partial charge in [-0.15, -0.1) is 22.2 Å². The van der Waals surface area contributed by atoms with Crippen LogP contribution in [0.5, 0.6) is 0 Å². The van der Waals surface area contributed by atoms with E-state index in [-0.39, 0.29) is 63.6 Å². The molecule has 0 aliphatic heterocycles. The molecule has 0 saturated heterocycles. The SMILES string of the molecule is O=[Si]([O-])Cl.O=[Si]([O-])Cl.[Ca+2].[H-].[H-].[Mg+2]. The summed E-state index contributed by atoms with van der Waals surface area (Å²) in [6, 6.07) is 0. The van der Waals surface area contributed by atoms with Crippen molar-refractivity contribution in [2.75, 3.05) is 0 Å². The van der Waals surface area contributed by atoms with Crippen LogP contribution in [0.25, 0.3) is 0 Å². The van der Waals surface area contributed by atoms with Crippen molar-refractivity contribution in [1.82, 2.24) is 0 Å². The predicted octanol–water partition coefficient (Wildman–Crippen LogP) is -2.53. The van der Waals surface area contributed by atoms with Crippen LogP contribution in [0.2, 0.25) is 0 Å². The normalized spacial score (nSPS) is 5.00. The van der Waals surface area contributed by atoms with E-state index in [9.17, 15) is 0 Å². The summed E-state index contributed by atoms with van der Waals surface area (Å²) >= 11 is 8.53. The molecule has 0 spiro atoms. The van der Waals surface area contributed by atoms with Crippen LogP contribution in [-0.4, -0.2) is 77.3 Å². The van der Waals surface area contributed by atoms with Crippen LogP contribution >= 0.6 is 22.2 Å². The maximum Gasteiger partial charge on any atom is 2.00 e. The number of halogens is 2. The Morgan fingerprint density at radius 2 is 1.10 bits per heavy atom. The second-order valence-electron chi connectivity index (χ2n) is 0.475. The summed E-state index contributed by atoms with van der Waals surface area (Å²) in [5.41, 5.74) is 0. The van der Waals surface area contributed by atoms with E-state index in [1.807, 2.05) is 0 Å². The van der Waals surface area contributed by atoms with Gasteiger partial charge < -0.3 is 21.4 Å². The molecular formula is H2CaCl2MgO4Si2. The van der Waals surface area contributed by atoms with Crippen molar-refractivity contribution in [2.45, 2.75) is 0 Å². The quantitative estimate of drug-likeness (QED) is 0.354. The third-order valence-electron chi connectivity index (χ3n) is 0. The van der Waals surface area contributed by atoms with Gasteiger partial charge in [0.05, 0.1) is 0 Å². The molecule has 0 aromatic carbocycles. The van der Waals surface area contributed by atoms with Crippen molar-refractivity contribution in [3.63, 3.8) is 0 Å². The number of hydrogen-bond donors (Lipinski definition) is 0. The van der Waals surface area contributed by atoms with Gasteiger partial charge in [-0.3, -0.25) is 0 Å². The minimum Gasteiger partial charge on any atom is -1.00 e. The summed E-state index contributed by atoms with van der Waals surface area (Å²) in [5.74, 6) is 0. The fourth-order valence-electron chi connectivity index (χ4n) is 0. The molecule has 0 atom stereocenters. The zero-order valence-electron chi connectivity index (χ0n) is 6.80. The molecule has 10 heavy (non-hydrogen) atoms. The van der Waals surface area contributed by atoms with E-state index in [0.29, 0.717) is 0 Å². The summed E-state index contributed by atoms with van der Waals surface area (Å²) in [7, 11) is -5.81. The monoisotopic (exact) mass is 256 g/mol. The van der Waals surface area contributed by atoms with Crippen molar-refractivity contribution < 1.29 is 21.4 Å². The van der Waals surface area contributed by atoms with Crippen LogP contribution < -0.4 is 9.59 Å². The minimum absolute atomic E-state index is 0. The van der Waals surface area contributed by atoms with Crippen LogP contribution in [0.1, 0.15) is 2.85 Å². The fourth-order valence-corrected chi connectivity index (χ4v) is 0. The third kappa shape index (κ3) is 174. The number of hydrogen-bond acceptors (Lipinski definition) is 4. The van der Waals surface area contributed by atoms with Crippen molar-refractivity contribution in [3.8, 4) is 0 Å². The molecule has 52 valence electrons. The van der Waals surface area contributed by atoms with E-state index in [4.69, 9.17) is 18.5 Å². The van der Waals surface area contributed by atoms with Gasteiger partial charge in [-0.2, -0.15) is 0 Å². The molecule has 4 nitrogen and oxygen atoms in total. The largest absolute Gasteiger partial charge is 2.00 e. The third-order valence-corrected chi connectivity index (χ3v) is 0. The van der Waals surface area contributed by atoms with Gasteiger partial charge in [0.2, 0.25) is 0 Å². The molecule has 0 saturated carbocycles. The van der Waals surface area contributed by atoms with E-state index in [1.54, 1.807) is 0 Å². The van der Waals surface area contributed by atoms with Crippen molar-refractivity contribution in [1.29, 1.82) is 0 Å². The maximum atomic E-state index is 8.84. The van der Waals surface area contributed by atoms with E-state index in [1.165, 1.54) is 0 Å². The van der Waals surface area contributed by atoms with Gasteiger partial charge in [-0.1, -0.05) is 0 Å². The van der Waals surface area contributed by atoms with Crippen molar-refractivity contribution in [3.05, 3.63) is 0 Å². The molecule has 0 aromatic heterocycles. The average Bonchev–Trinajstić information content (AvgIpc) is 1.25. The average molecular weight is 257 g/mol. The summed E-state index contributed by atoms with van der Waals surface area (Å²) in [5, 5.41) is 0. The standard InChI is InChI=1S/Ca.2ClO2Si.Mg.2H/c;2*1-4(2)3;;;/q+2;2*-1;+2;2*-1. The first-order valence-electron chi connectivity index (χ1n) is 1.19. The van der Waals surface area contributed by atoms with Crippen LogP contribution in [-0.2, 0) is 8.92 Å². The van der Waals surface area contributed by atoms with Crippen LogP contribution in [0.4, 0.5) is 0 Å². The molecule has 0 bridgehead atoms. The topological polar surface area (TPSA) is 80.3 Å². The first-order chi connectivity index (χ1) is 3.46. The molecule has 0 rings (SSSR count). The first-order valence-corrected chi connectivity index (χ1v) is 5.85. The molecule has 0 N–H and O–H groups in total. The summed E-state index contributed by atoms with van der Waals surface area (Å²) < 4.78 is 17.7. The van der Waals surface area contributed by atoms with Crippen LogP contribution in [0, 0.1) is 0 Å². The van der Waals surface area contributed by atoms with Gasteiger partial charge in [0.25, 0.3) is 16.5 Å². The van der Waals surface area contributed by atoms with Crippen LogP contribution in [0.3, 0.4) is 0 Å². The van der Waals surface area contributed by atoms with E-state index in [2.05, 4.69) is 22.2 Å². The van der Waals surface area contributed by atoms with Gasteiger partial charge in [0.1, 0.15) is 0 Å². The molecule has 0 heterocycles. The zero-order chi connectivity index (χ0) is 7.15.